The molecule has 0 amide bonds. The van der Waals surface area contributed by atoms with Crippen molar-refractivity contribution in [2.75, 3.05) is 0 Å². The molecule has 0 spiro atoms. The van der Waals surface area contributed by atoms with Gasteiger partial charge in [0.2, 0.25) is 0 Å². The summed E-state index contributed by atoms with van der Waals surface area (Å²) in [5, 5.41) is 61.7. The Morgan fingerprint density at radius 1 is 0.483 bits per heavy atom. The van der Waals surface area contributed by atoms with Crippen molar-refractivity contribution in [1.82, 2.24) is 0 Å². The Labute approximate surface area is 171 Å². The van der Waals surface area contributed by atoms with Crippen molar-refractivity contribution in [3.05, 3.63) is 23.8 Å². The largest absolute Gasteiger partial charge is 0.508 e. The van der Waals surface area contributed by atoms with Gasteiger partial charge >= 0.3 is 0 Å². The summed E-state index contributed by atoms with van der Waals surface area (Å²) in [6, 6.07) is 5.32. The van der Waals surface area contributed by atoms with E-state index in [1.165, 1.54) is 15.7 Å². The third-order valence-electron chi connectivity index (χ3n) is 5.46. The maximum Gasteiger partial charge on any atom is 0.153 e. The van der Waals surface area contributed by atoms with Crippen LogP contribution in [0.4, 0.5) is 0 Å². The third kappa shape index (κ3) is 3.05. The quantitative estimate of drug-likeness (QED) is 0.155. The molecule has 29 heavy (non-hydrogen) atoms. The average Bonchev–Trinajstić information content (AvgIpc) is 2.67. The summed E-state index contributed by atoms with van der Waals surface area (Å²) in [6.07, 6.45) is 0. The van der Waals surface area contributed by atoms with Gasteiger partial charge < -0.3 is 30.6 Å². The zero-order valence-corrected chi connectivity index (χ0v) is 16.9. The number of aromatic hydroxyl groups is 6. The Bertz CT molecular complexity index is 1030. The van der Waals surface area contributed by atoms with Crippen LogP contribution in [0.2, 0.25) is 0 Å². The Hall–Kier alpha value is -3.28. The number of phenols is 6. The second-order valence-corrected chi connectivity index (χ2v) is 7.43. The van der Waals surface area contributed by atoms with E-state index >= 15 is 0 Å². The monoisotopic (exact) mass is 388 g/mol. The van der Waals surface area contributed by atoms with Crippen molar-refractivity contribution >= 4 is 53.2 Å². The van der Waals surface area contributed by atoms with Crippen LogP contribution in [-0.2, 0) is 0 Å². The molecule has 6 nitrogen and oxygen atoms in total. The predicted octanol–water partition coefficient (Wildman–Crippen LogP) is -3.40. The van der Waals surface area contributed by atoms with Crippen LogP contribution in [-0.4, -0.2) is 62.0 Å². The molecule has 0 aliphatic carbocycles. The highest BCUT2D eigenvalue weighted by atomic mass is 16.3. The molecule has 3 aromatic carbocycles. The van der Waals surface area contributed by atoms with E-state index in [-0.39, 0.29) is 45.4 Å². The number of aryl methyl sites for hydroxylation is 1. The molecule has 0 radical (unpaired) electrons. The van der Waals surface area contributed by atoms with Gasteiger partial charge in [0.15, 0.2) is 23.0 Å². The normalized spacial score (nSPS) is 10.9. The van der Waals surface area contributed by atoms with Gasteiger partial charge in [0.1, 0.15) is 42.9 Å². The van der Waals surface area contributed by atoms with Crippen LogP contribution >= 0.6 is 0 Å². The van der Waals surface area contributed by atoms with Crippen molar-refractivity contribution in [2.45, 2.75) is 6.92 Å². The van der Waals surface area contributed by atoms with Crippen LogP contribution in [0, 0.1) is 6.92 Å². The van der Waals surface area contributed by atoms with Gasteiger partial charge in [-0.3, -0.25) is 0 Å². The van der Waals surface area contributed by atoms with E-state index in [0.29, 0.717) is 33.2 Å². The van der Waals surface area contributed by atoms with Crippen molar-refractivity contribution in [3.63, 3.8) is 0 Å². The van der Waals surface area contributed by atoms with Crippen LogP contribution in [0.5, 0.6) is 34.5 Å². The predicted molar refractivity (Wildman–Crippen MR) is 125 cm³/mol. The first-order chi connectivity index (χ1) is 13.5. The highest BCUT2D eigenvalue weighted by Gasteiger charge is 2.22. The Balaban J connectivity index is 2.37. The Morgan fingerprint density at radius 3 is 1.14 bits per heavy atom. The average molecular weight is 388 g/mol. The first kappa shape index (κ1) is 20.5. The second kappa shape index (κ2) is 6.95. The number of hydrogen-bond donors (Lipinski definition) is 6. The fourth-order valence-electron chi connectivity index (χ4n) is 3.68. The lowest BCUT2D eigenvalue weighted by Crippen LogP contribution is -2.17. The maximum absolute atomic E-state index is 10.6. The summed E-state index contributed by atoms with van der Waals surface area (Å²) in [7, 11) is 6.18. The SMILES string of the molecule is Bc1c(O)c(O)c(B)c(-c2cc(C)cc(-c3c(B)c(O)c(O)c(B)c3O)c2)c1O. The number of rotatable bonds is 2. The molecule has 6 N–H and O–H groups in total. The molecule has 0 saturated heterocycles. The molecule has 0 unspecified atom stereocenters. The van der Waals surface area contributed by atoms with E-state index in [2.05, 4.69) is 0 Å². The van der Waals surface area contributed by atoms with Crippen molar-refractivity contribution in [3.8, 4) is 56.8 Å². The summed E-state index contributed by atoms with van der Waals surface area (Å²) in [6.45, 7) is 1.84. The van der Waals surface area contributed by atoms with E-state index in [1.807, 2.05) is 6.92 Å². The van der Waals surface area contributed by atoms with Crippen LogP contribution in [0.25, 0.3) is 22.3 Å². The lowest BCUT2D eigenvalue weighted by atomic mass is 9.77. The van der Waals surface area contributed by atoms with E-state index in [9.17, 15) is 30.6 Å². The fourth-order valence-corrected chi connectivity index (χ4v) is 3.68. The van der Waals surface area contributed by atoms with Crippen LogP contribution in [0.1, 0.15) is 5.56 Å². The maximum atomic E-state index is 10.6. The molecule has 0 heterocycles. The number of benzene rings is 3. The summed E-state index contributed by atoms with van der Waals surface area (Å²) in [5.41, 5.74) is 3.60. The molecule has 3 rings (SSSR count). The van der Waals surface area contributed by atoms with Crippen LogP contribution in [0.3, 0.4) is 0 Å². The molecule has 0 aromatic heterocycles. The lowest BCUT2D eigenvalue weighted by Gasteiger charge is -2.19. The van der Waals surface area contributed by atoms with Gasteiger partial charge in [-0.2, -0.15) is 0 Å². The number of hydrogen-bond acceptors (Lipinski definition) is 6. The molecule has 3 aromatic rings. The van der Waals surface area contributed by atoms with Crippen molar-refractivity contribution in [2.24, 2.45) is 0 Å². The molecule has 0 saturated carbocycles. The third-order valence-corrected chi connectivity index (χ3v) is 5.46. The fraction of sp³-hybridized carbons (Fsp3) is 0.0526. The highest BCUT2D eigenvalue weighted by molar-refractivity contribution is 6.45. The molecule has 0 atom stereocenters. The molecule has 144 valence electrons. The smallest absolute Gasteiger partial charge is 0.153 e. The highest BCUT2D eigenvalue weighted by Crippen LogP contribution is 2.38. The first-order valence-electron chi connectivity index (χ1n) is 9.07. The van der Waals surface area contributed by atoms with Gasteiger partial charge in [-0.25, -0.2) is 0 Å². The summed E-state index contributed by atoms with van der Waals surface area (Å²) >= 11 is 0. The zero-order valence-electron chi connectivity index (χ0n) is 16.9. The molecular formula is C19H20B4O6. The summed E-state index contributed by atoms with van der Waals surface area (Å²) in [5.74, 6) is -1.67. The molecule has 0 bridgehead atoms. The van der Waals surface area contributed by atoms with Crippen molar-refractivity contribution in [1.29, 1.82) is 0 Å². The van der Waals surface area contributed by atoms with E-state index in [0.717, 1.165) is 5.56 Å². The van der Waals surface area contributed by atoms with Gasteiger partial charge in [-0.05, 0) is 51.5 Å². The first-order valence-corrected chi connectivity index (χ1v) is 9.07. The molecule has 0 fully saturated rings. The van der Waals surface area contributed by atoms with Gasteiger partial charge in [0.05, 0.1) is 0 Å². The molecular weight excluding hydrogens is 367 g/mol. The van der Waals surface area contributed by atoms with E-state index in [4.69, 9.17) is 0 Å². The van der Waals surface area contributed by atoms with Gasteiger partial charge in [-0.1, -0.05) is 12.1 Å². The van der Waals surface area contributed by atoms with E-state index < -0.39 is 0 Å². The minimum Gasteiger partial charge on any atom is -0.508 e. The van der Waals surface area contributed by atoms with Gasteiger partial charge in [0, 0.05) is 11.1 Å². The van der Waals surface area contributed by atoms with Crippen LogP contribution in [0.15, 0.2) is 18.2 Å². The molecule has 0 aliphatic rings. The van der Waals surface area contributed by atoms with Crippen molar-refractivity contribution < 1.29 is 30.6 Å². The Morgan fingerprint density at radius 2 is 0.793 bits per heavy atom. The molecule has 0 aliphatic heterocycles. The molecule has 10 heteroatoms. The summed E-state index contributed by atoms with van der Waals surface area (Å²) in [4.78, 5) is 0. The van der Waals surface area contributed by atoms with Gasteiger partial charge in [-0.15, -0.1) is 0 Å². The minimum atomic E-state index is -0.371. The Kier molecular flexibility index (Phi) is 4.91. The topological polar surface area (TPSA) is 121 Å². The van der Waals surface area contributed by atoms with E-state index in [1.54, 1.807) is 33.9 Å². The van der Waals surface area contributed by atoms with Gasteiger partial charge in [0.25, 0.3) is 0 Å². The lowest BCUT2D eigenvalue weighted by molar-refractivity contribution is 0.405. The standard InChI is InChI=1S/C19H20B4O6/c1-5-2-6(8-10(20)16(26)18(28)12(22)14(8)24)4-7(3-5)9-11(21)17(27)19(29)13(23)15(9)25/h2-4,24-29H,20-23H2,1H3. The number of phenolic OH excluding ortho intramolecular Hbond substituents is 6. The zero-order chi connectivity index (χ0) is 21.8. The summed E-state index contributed by atoms with van der Waals surface area (Å²) < 4.78 is 0. The minimum absolute atomic E-state index is 0.153. The second-order valence-electron chi connectivity index (χ2n) is 7.43. The van der Waals surface area contributed by atoms with Crippen LogP contribution < -0.4 is 21.9 Å².